The molecule has 1 aromatic carbocycles. The molecule has 3 aromatic heterocycles. The lowest BCUT2D eigenvalue weighted by Crippen LogP contribution is -2.32. The summed E-state index contributed by atoms with van der Waals surface area (Å²) >= 11 is 0. The first-order valence-corrected chi connectivity index (χ1v) is 10.9. The average Bonchev–Trinajstić information content (AvgIpc) is 3.50. The molecule has 3 heterocycles. The van der Waals surface area contributed by atoms with Gasteiger partial charge in [-0.1, -0.05) is 0 Å². The predicted molar refractivity (Wildman–Crippen MR) is 129 cm³/mol. The summed E-state index contributed by atoms with van der Waals surface area (Å²) in [5, 5.41) is 21.0. The van der Waals surface area contributed by atoms with E-state index in [1.54, 1.807) is 57.0 Å². The van der Waals surface area contributed by atoms with Crippen molar-refractivity contribution in [2.45, 2.75) is 6.54 Å². The molecule has 12 nitrogen and oxygen atoms in total. The van der Waals surface area contributed by atoms with E-state index in [9.17, 15) is 14.9 Å². The smallest absolute Gasteiger partial charge is 0.261 e. The zero-order chi connectivity index (χ0) is 25.7. The van der Waals surface area contributed by atoms with E-state index in [1.165, 1.54) is 27.4 Å². The Morgan fingerprint density at radius 3 is 2.86 bits per heavy atom. The van der Waals surface area contributed by atoms with Gasteiger partial charge in [-0.3, -0.25) is 14.3 Å². The number of carbonyl (C=O) groups is 2. The standard InChI is InChI=1S/C24H24N8O4/c1-30(9-10-35-2)21(33)15-31-14-19(22(29-31)17-11-16(12-25)5-6-20(17)36-3)28-24(34)18-13-27-32-8-4-7-26-23(18)32/h4-8,11,13-14H,9-10,15H2,1-3H3,(H,28,34). The van der Waals surface area contributed by atoms with Crippen LogP contribution in [0.1, 0.15) is 15.9 Å². The number of carbonyl (C=O) groups excluding carboxylic acids is 2. The van der Waals surface area contributed by atoms with E-state index >= 15 is 0 Å². The third-order valence-electron chi connectivity index (χ3n) is 5.47. The Hall–Kier alpha value is -4.76. The van der Waals surface area contributed by atoms with Crippen molar-refractivity contribution in [2.75, 3.05) is 39.7 Å². The van der Waals surface area contributed by atoms with Gasteiger partial charge in [-0.2, -0.15) is 15.5 Å². The Morgan fingerprint density at radius 1 is 1.28 bits per heavy atom. The van der Waals surface area contributed by atoms with Crippen LogP contribution in [0.25, 0.3) is 16.9 Å². The number of rotatable bonds is 9. The fourth-order valence-electron chi connectivity index (χ4n) is 3.54. The van der Waals surface area contributed by atoms with Crippen molar-refractivity contribution in [1.29, 1.82) is 5.26 Å². The zero-order valence-corrected chi connectivity index (χ0v) is 20.0. The summed E-state index contributed by atoms with van der Waals surface area (Å²) < 4.78 is 13.4. The Kier molecular flexibility index (Phi) is 7.22. The SMILES string of the molecule is COCCN(C)C(=O)Cn1cc(NC(=O)c2cnn3cccnc23)c(-c2cc(C#N)ccc2OC)n1. The molecular formula is C24H24N8O4. The number of hydrogen-bond acceptors (Lipinski definition) is 8. The van der Waals surface area contributed by atoms with Crippen LogP contribution in [0.5, 0.6) is 5.75 Å². The number of methoxy groups -OCH3 is 2. The number of hydrogen-bond donors (Lipinski definition) is 1. The first-order valence-electron chi connectivity index (χ1n) is 10.9. The highest BCUT2D eigenvalue weighted by molar-refractivity contribution is 6.09. The average molecular weight is 489 g/mol. The maximum Gasteiger partial charge on any atom is 0.261 e. The van der Waals surface area contributed by atoms with Gasteiger partial charge < -0.3 is 19.7 Å². The molecule has 0 unspecified atom stereocenters. The van der Waals surface area contributed by atoms with Gasteiger partial charge in [-0.25, -0.2) is 9.50 Å². The highest BCUT2D eigenvalue weighted by Crippen LogP contribution is 2.35. The zero-order valence-electron chi connectivity index (χ0n) is 20.0. The second-order valence-corrected chi connectivity index (χ2v) is 7.82. The molecule has 0 fully saturated rings. The van der Waals surface area contributed by atoms with Crippen LogP contribution in [0.2, 0.25) is 0 Å². The molecule has 12 heteroatoms. The predicted octanol–water partition coefficient (Wildman–Crippen LogP) is 1.83. The molecule has 0 radical (unpaired) electrons. The summed E-state index contributed by atoms with van der Waals surface area (Å²) in [7, 11) is 4.74. The summed E-state index contributed by atoms with van der Waals surface area (Å²) in [5.41, 5.74) is 2.21. The second kappa shape index (κ2) is 10.7. The molecular weight excluding hydrogens is 464 g/mol. The van der Waals surface area contributed by atoms with Crippen molar-refractivity contribution >= 4 is 23.1 Å². The van der Waals surface area contributed by atoms with Crippen LogP contribution in [0.3, 0.4) is 0 Å². The number of anilines is 1. The number of benzene rings is 1. The molecule has 2 amide bonds. The van der Waals surface area contributed by atoms with Crippen molar-refractivity contribution in [3.63, 3.8) is 0 Å². The molecule has 4 rings (SSSR count). The lowest BCUT2D eigenvalue weighted by molar-refractivity contribution is -0.131. The van der Waals surface area contributed by atoms with E-state index in [0.29, 0.717) is 47.1 Å². The number of nitrogens with zero attached hydrogens (tertiary/aromatic N) is 7. The Morgan fingerprint density at radius 2 is 2.11 bits per heavy atom. The van der Waals surface area contributed by atoms with Gasteiger partial charge in [0, 0.05) is 44.9 Å². The van der Waals surface area contributed by atoms with Gasteiger partial charge in [0.15, 0.2) is 5.65 Å². The lowest BCUT2D eigenvalue weighted by atomic mass is 10.1. The fraction of sp³-hybridized carbons (Fsp3) is 0.250. The fourth-order valence-corrected chi connectivity index (χ4v) is 3.54. The van der Waals surface area contributed by atoms with Crippen LogP contribution in [0.15, 0.2) is 49.1 Å². The second-order valence-electron chi connectivity index (χ2n) is 7.82. The number of nitrogens with one attached hydrogen (secondary N) is 1. The molecule has 0 atom stereocenters. The van der Waals surface area contributed by atoms with Gasteiger partial charge in [-0.05, 0) is 24.3 Å². The van der Waals surface area contributed by atoms with Crippen molar-refractivity contribution < 1.29 is 19.1 Å². The van der Waals surface area contributed by atoms with Gasteiger partial charge in [0.2, 0.25) is 5.91 Å². The Bertz CT molecular complexity index is 1450. The highest BCUT2D eigenvalue weighted by Gasteiger charge is 2.22. The van der Waals surface area contributed by atoms with Crippen molar-refractivity contribution in [2.24, 2.45) is 0 Å². The van der Waals surface area contributed by atoms with Crippen LogP contribution in [0.4, 0.5) is 5.69 Å². The first kappa shape index (κ1) is 24.4. The minimum absolute atomic E-state index is 0.0678. The minimum atomic E-state index is -0.455. The molecule has 4 aromatic rings. The van der Waals surface area contributed by atoms with Crippen molar-refractivity contribution in [3.05, 3.63) is 60.2 Å². The molecule has 0 spiro atoms. The molecule has 0 aliphatic carbocycles. The van der Waals surface area contributed by atoms with E-state index in [4.69, 9.17) is 9.47 Å². The number of aromatic nitrogens is 5. The maximum absolute atomic E-state index is 13.2. The van der Waals surface area contributed by atoms with E-state index < -0.39 is 5.91 Å². The number of likely N-dealkylation sites (N-methyl/N-ethyl adjacent to an activating group) is 1. The van der Waals surface area contributed by atoms with Crippen molar-refractivity contribution in [3.8, 4) is 23.1 Å². The monoisotopic (exact) mass is 488 g/mol. The Balaban J connectivity index is 1.72. The Labute approximate surface area is 206 Å². The number of nitriles is 1. The highest BCUT2D eigenvalue weighted by atomic mass is 16.5. The molecule has 0 aliphatic heterocycles. The quantitative estimate of drug-likeness (QED) is 0.376. The van der Waals surface area contributed by atoms with Crippen LogP contribution in [-0.2, 0) is 16.1 Å². The summed E-state index contributed by atoms with van der Waals surface area (Å²) in [4.78, 5) is 31.6. The van der Waals surface area contributed by atoms with E-state index in [1.807, 2.05) is 0 Å². The molecule has 0 aliphatic rings. The van der Waals surface area contributed by atoms with Gasteiger partial charge in [-0.15, -0.1) is 0 Å². The van der Waals surface area contributed by atoms with Gasteiger partial charge in [0.05, 0.1) is 37.2 Å². The molecule has 0 saturated carbocycles. The van der Waals surface area contributed by atoms with E-state index in [-0.39, 0.29) is 18.0 Å². The van der Waals surface area contributed by atoms with Crippen LogP contribution in [0, 0.1) is 11.3 Å². The van der Waals surface area contributed by atoms with E-state index in [2.05, 4.69) is 26.6 Å². The number of fused-ring (bicyclic) bond motifs is 1. The van der Waals surface area contributed by atoms with Gasteiger partial charge in [0.1, 0.15) is 23.6 Å². The maximum atomic E-state index is 13.2. The summed E-state index contributed by atoms with van der Waals surface area (Å²) in [6, 6.07) is 8.69. The topological polar surface area (TPSA) is 140 Å². The minimum Gasteiger partial charge on any atom is -0.496 e. The molecule has 1 N–H and O–H groups in total. The molecule has 184 valence electrons. The van der Waals surface area contributed by atoms with Gasteiger partial charge >= 0.3 is 0 Å². The first-order chi connectivity index (χ1) is 17.4. The number of ether oxygens (including phenoxy) is 2. The van der Waals surface area contributed by atoms with Gasteiger partial charge in [0.25, 0.3) is 5.91 Å². The van der Waals surface area contributed by atoms with E-state index in [0.717, 1.165) is 0 Å². The molecule has 0 bridgehead atoms. The van der Waals surface area contributed by atoms with Crippen molar-refractivity contribution in [1.82, 2.24) is 29.3 Å². The van der Waals surface area contributed by atoms with Crippen LogP contribution in [-0.4, -0.2) is 75.5 Å². The largest absolute Gasteiger partial charge is 0.496 e. The van der Waals surface area contributed by atoms with Crippen LogP contribution < -0.4 is 10.1 Å². The normalized spacial score (nSPS) is 10.7. The third-order valence-corrected chi connectivity index (χ3v) is 5.47. The third kappa shape index (κ3) is 5.01. The molecule has 0 saturated heterocycles. The summed E-state index contributed by atoms with van der Waals surface area (Å²) in [5.74, 6) is -0.192. The summed E-state index contributed by atoms with van der Waals surface area (Å²) in [6.45, 7) is 0.758. The number of amides is 2. The summed E-state index contributed by atoms with van der Waals surface area (Å²) in [6.07, 6.45) is 6.24. The van der Waals surface area contributed by atoms with Crippen LogP contribution >= 0.6 is 0 Å². The lowest BCUT2D eigenvalue weighted by Gasteiger charge is -2.16. The molecule has 36 heavy (non-hydrogen) atoms.